The molecular formula is C19H15Cl6NO2. The maximum atomic E-state index is 13.4. The number of carbonyl (C=O) groups is 2. The van der Waals surface area contributed by atoms with Crippen molar-refractivity contribution in [2.75, 3.05) is 4.90 Å². The fourth-order valence-corrected chi connectivity index (χ4v) is 7.39. The van der Waals surface area contributed by atoms with Gasteiger partial charge in [0, 0.05) is 0 Å². The minimum Gasteiger partial charge on any atom is -0.274 e. The summed E-state index contributed by atoms with van der Waals surface area (Å²) in [6.45, 7) is 5.87. The van der Waals surface area contributed by atoms with Gasteiger partial charge in [0.25, 0.3) is 0 Å². The zero-order chi connectivity index (χ0) is 21.0. The zero-order valence-corrected chi connectivity index (χ0v) is 19.5. The van der Waals surface area contributed by atoms with Crippen LogP contribution in [0.4, 0.5) is 5.69 Å². The summed E-state index contributed by atoms with van der Waals surface area (Å²) in [5, 5.41) is -0.180. The maximum absolute atomic E-state index is 13.4. The van der Waals surface area contributed by atoms with Crippen molar-refractivity contribution in [3.05, 3.63) is 39.4 Å². The molecule has 2 aliphatic carbocycles. The van der Waals surface area contributed by atoms with Gasteiger partial charge in [-0.3, -0.25) is 9.59 Å². The zero-order valence-electron chi connectivity index (χ0n) is 15.0. The first kappa shape index (κ1) is 21.1. The average Bonchev–Trinajstić information content (AvgIpc) is 3.00. The Morgan fingerprint density at radius 2 is 1.39 bits per heavy atom. The number of hydrogen-bond donors (Lipinski definition) is 0. The first-order chi connectivity index (χ1) is 12.8. The van der Waals surface area contributed by atoms with Gasteiger partial charge in [-0.1, -0.05) is 72.4 Å². The van der Waals surface area contributed by atoms with Crippen LogP contribution in [0.3, 0.4) is 0 Å². The van der Waals surface area contributed by atoms with Crippen LogP contribution >= 0.6 is 69.6 Å². The Bertz CT molecular complexity index is 927. The highest BCUT2D eigenvalue weighted by Crippen LogP contribution is 2.77. The van der Waals surface area contributed by atoms with Gasteiger partial charge in [-0.2, -0.15) is 0 Å². The summed E-state index contributed by atoms with van der Waals surface area (Å²) < 4.78 is -1.92. The van der Waals surface area contributed by atoms with E-state index in [9.17, 15) is 9.59 Å². The molecule has 1 aromatic rings. The number of benzene rings is 1. The monoisotopic (exact) mass is 499 g/mol. The van der Waals surface area contributed by atoms with Gasteiger partial charge < -0.3 is 0 Å². The summed E-state index contributed by atoms with van der Waals surface area (Å²) in [6, 6.07) is 5.65. The summed E-state index contributed by atoms with van der Waals surface area (Å²) in [5.74, 6) is -3.10. The van der Waals surface area contributed by atoms with E-state index in [2.05, 4.69) is 0 Å². The molecule has 1 aromatic carbocycles. The Labute approximate surface area is 192 Å². The summed E-state index contributed by atoms with van der Waals surface area (Å²) in [6.07, 6.45) is 0. The Kier molecular flexibility index (Phi) is 4.66. The normalized spacial score (nSPS) is 36.1. The molecule has 3 aliphatic rings. The predicted octanol–water partition coefficient (Wildman–Crippen LogP) is 6.07. The predicted molar refractivity (Wildman–Crippen MR) is 115 cm³/mol. The van der Waals surface area contributed by atoms with Crippen LogP contribution in [0.15, 0.2) is 28.3 Å². The van der Waals surface area contributed by atoms with Crippen molar-refractivity contribution < 1.29 is 9.59 Å². The second-order valence-electron chi connectivity index (χ2n) is 7.79. The molecule has 150 valence electrons. The number of hydrogen-bond acceptors (Lipinski definition) is 2. The van der Waals surface area contributed by atoms with E-state index in [4.69, 9.17) is 69.6 Å². The summed E-state index contributed by atoms with van der Waals surface area (Å²) >= 11 is 39.1. The van der Waals surface area contributed by atoms with Crippen LogP contribution in [-0.4, -0.2) is 25.9 Å². The lowest BCUT2D eigenvalue weighted by Crippen LogP contribution is -2.50. The van der Waals surface area contributed by atoms with E-state index < -0.39 is 37.7 Å². The summed E-state index contributed by atoms with van der Waals surface area (Å²) in [4.78, 5) is 24.4. The molecule has 0 spiro atoms. The molecule has 2 bridgehead atoms. The highest BCUT2D eigenvalue weighted by Gasteiger charge is 2.87. The number of nitrogens with zero attached hydrogens (tertiary/aromatic N) is 1. The van der Waals surface area contributed by atoms with Crippen molar-refractivity contribution in [2.45, 2.75) is 40.8 Å². The maximum Gasteiger partial charge on any atom is 0.240 e. The molecular weight excluding hydrogens is 487 g/mol. The minimum atomic E-state index is -1.92. The van der Waals surface area contributed by atoms with Gasteiger partial charge in [0.1, 0.15) is 9.75 Å². The van der Waals surface area contributed by atoms with E-state index in [1.54, 1.807) is 0 Å². The molecule has 28 heavy (non-hydrogen) atoms. The molecule has 0 radical (unpaired) electrons. The Morgan fingerprint density at radius 1 is 0.929 bits per heavy atom. The van der Waals surface area contributed by atoms with E-state index >= 15 is 0 Å². The number of anilines is 1. The topological polar surface area (TPSA) is 37.4 Å². The smallest absolute Gasteiger partial charge is 0.240 e. The number of carbonyl (C=O) groups excluding carboxylic acids is 2. The molecule has 1 heterocycles. The van der Waals surface area contributed by atoms with Gasteiger partial charge in [-0.05, 0) is 30.0 Å². The van der Waals surface area contributed by atoms with Gasteiger partial charge in [-0.25, -0.2) is 4.90 Å². The van der Waals surface area contributed by atoms with Crippen LogP contribution < -0.4 is 4.90 Å². The van der Waals surface area contributed by atoms with E-state index in [-0.39, 0.29) is 16.0 Å². The van der Waals surface area contributed by atoms with Crippen LogP contribution in [0.25, 0.3) is 0 Å². The third kappa shape index (κ3) is 2.11. The number of halogens is 6. The van der Waals surface area contributed by atoms with E-state index in [1.165, 1.54) is 0 Å². The Hall–Kier alpha value is -0.160. The first-order valence-electron chi connectivity index (χ1n) is 8.63. The fraction of sp³-hybridized carbons (Fsp3) is 0.474. The van der Waals surface area contributed by atoms with Crippen LogP contribution in [-0.2, 0) is 9.59 Å². The van der Waals surface area contributed by atoms with E-state index in [0.29, 0.717) is 5.69 Å². The number of fused-ring (bicyclic) bond motifs is 5. The largest absolute Gasteiger partial charge is 0.274 e. The standard InChI is InChI=1S/C19H15Cl6NO2/c1-7(2)9-5-4-8(3)10(6-9)26-15(27)11-12(16(26)28)18(23)14(21)13(20)17(11,22)19(18,24)25/h4-7,11-12H,1-3H3/t11-,12+,17+,18-. The van der Waals surface area contributed by atoms with Gasteiger partial charge in [0.2, 0.25) is 11.8 Å². The average molecular weight is 502 g/mol. The number of aryl methyl sites for hydroxylation is 1. The lowest BCUT2D eigenvalue weighted by Gasteiger charge is -2.34. The number of alkyl halides is 4. The second kappa shape index (κ2) is 6.18. The van der Waals surface area contributed by atoms with E-state index in [0.717, 1.165) is 16.0 Å². The molecule has 2 fully saturated rings. The van der Waals surface area contributed by atoms with Gasteiger partial charge >= 0.3 is 0 Å². The van der Waals surface area contributed by atoms with Gasteiger partial charge in [0.15, 0.2) is 4.33 Å². The van der Waals surface area contributed by atoms with Crippen molar-refractivity contribution >= 4 is 87.1 Å². The molecule has 3 nitrogen and oxygen atoms in total. The van der Waals surface area contributed by atoms with Gasteiger partial charge in [-0.15, -0.1) is 23.2 Å². The number of imide groups is 1. The van der Waals surface area contributed by atoms with Crippen LogP contribution in [0.2, 0.25) is 0 Å². The molecule has 4 atom stereocenters. The molecule has 0 N–H and O–H groups in total. The number of allylic oxidation sites excluding steroid dienone is 2. The van der Waals surface area contributed by atoms with Crippen molar-refractivity contribution in [3.63, 3.8) is 0 Å². The SMILES string of the molecule is Cc1ccc(C(C)C)cc1N1C(=O)[C@@H]2[C@H](C1=O)[C@]1(Cl)C(Cl)=C(Cl)[C@@]2(Cl)C1(Cl)Cl. The first-order valence-corrected chi connectivity index (χ1v) is 10.9. The van der Waals surface area contributed by atoms with Crippen molar-refractivity contribution in [1.82, 2.24) is 0 Å². The van der Waals surface area contributed by atoms with Crippen LogP contribution in [0.1, 0.15) is 30.9 Å². The quantitative estimate of drug-likeness (QED) is 0.364. The second-order valence-corrected chi connectivity index (χ2v) is 11.1. The fourth-order valence-electron chi connectivity index (χ4n) is 4.46. The molecule has 9 heteroatoms. The summed E-state index contributed by atoms with van der Waals surface area (Å²) in [5.41, 5.74) is 2.23. The molecule has 4 rings (SSSR count). The molecule has 1 aliphatic heterocycles. The molecule has 0 aromatic heterocycles. The molecule has 1 saturated carbocycles. The van der Waals surface area contributed by atoms with E-state index in [1.807, 2.05) is 39.0 Å². The highest BCUT2D eigenvalue weighted by molar-refractivity contribution is 6.67. The number of rotatable bonds is 2. The number of amides is 2. The van der Waals surface area contributed by atoms with Crippen LogP contribution in [0.5, 0.6) is 0 Å². The molecule has 0 unspecified atom stereocenters. The summed E-state index contributed by atoms with van der Waals surface area (Å²) in [7, 11) is 0. The van der Waals surface area contributed by atoms with Crippen molar-refractivity contribution in [2.24, 2.45) is 11.8 Å². The lowest BCUT2D eigenvalue weighted by molar-refractivity contribution is -0.123. The Morgan fingerprint density at radius 3 is 1.82 bits per heavy atom. The van der Waals surface area contributed by atoms with Crippen LogP contribution in [0, 0.1) is 18.8 Å². The molecule has 1 saturated heterocycles. The third-order valence-corrected chi connectivity index (χ3v) is 10.3. The van der Waals surface area contributed by atoms with Crippen molar-refractivity contribution in [3.8, 4) is 0 Å². The minimum absolute atomic E-state index is 0.0901. The van der Waals surface area contributed by atoms with Crippen molar-refractivity contribution in [1.29, 1.82) is 0 Å². The molecule has 2 amide bonds. The Balaban J connectivity index is 1.90. The third-order valence-electron chi connectivity index (χ3n) is 6.05. The lowest BCUT2D eigenvalue weighted by atomic mass is 9.84. The van der Waals surface area contributed by atoms with Gasteiger partial charge in [0.05, 0.1) is 27.6 Å². The highest BCUT2D eigenvalue weighted by atomic mass is 35.5.